The van der Waals surface area contributed by atoms with Gasteiger partial charge in [-0.2, -0.15) is 0 Å². The Labute approximate surface area is 138 Å². The fourth-order valence-electron chi connectivity index (χ4n) is 3.26. The number of nitrogens with zero attached hydrogens (tertiary/aromatic N) is 1. The molecule has 23 heavy (non-hydrogen) atoms. The van der Waals surface area contributed by atoms with Crippen molar-refractivity contribution < 1.29 is 4.39 Å². The summed E-state index contributed by atoms with van der Waals surface area (Å²) in [7, 11) is 0. The van der Waals surface area contributed by atoms with Gasteiger partial charge in [-0.1, -0.05) is 60.7 Å². The number of hydrogen-bond acceptors (Lipinski definition) is 2. The van der Waals surface area contributed by atoms with Crippen LogP contribution in [-0.4, -0.2) is 30.7 Å². The minimum atomic E-state index is -0.764. The van der Waals surface area contributed by atoms with Gasteiger partial charge in [0.2, 0.25) is 0 Å². The third-order valence-corrected chi connectivity index (χ3v) is 4.58. The summed E-state index contributed by atoms with van der Waals surface area (Å²) >= 11 is 0. The van der Waals surface area contributed by atoms with Gasteiger partial charge in [-0.05, 0) is 24.1 Å². The maximum Gasteiger partial charge on any atom is 0.117 e. The second-order valence-corrected chi connectivity index (χ2v) is 6.40. The van der Waals surface area contributed by atoms with Crippen molar-refractivity contribution in [2.45, 2.75) is 25.7 Å². The zero-order valence-corrected chi connectivity index (χ0v) is 13.5. The highest BCUT2D eigenvalue weighted by atomic mass is 19.1. The molecule has 1 aliphatic rings. The summed E-state index contributed by atoms with van der Waals surface area (Å²) in [4.78, 5) is 2.36. The van der Waals surface area contributed by atoms with Crippen molar-refractivity contribution in [3.63, 3.8) is 0 Å². The molecular weight excluding hydrogens is 287 g/mol. The number of nitrogens with one attached hydrogen (secondary N) is 1. The van der Waals surface area contributed by atoms with Crippen molar-refractivity contribution in [2.24, 2.45) is 5.92 Å². The Morgan fingerprint density at radius 3 is 2.35 bits per heavy atom. The molecule has 0 radical (unpaired) electrons. The monoisotopic (exact) mass is 312 g/mol. The summed E-state index contributed by atoms with van der Waals surface area (Å²) in [6, 6.07) is 20.6. The summed E-state index contributed by atoms with van der Waals surface area (Å²) in [6.45, 7) is 3.98. The molecule has 1 N–H and O–H groups in total. The molecule has 3 heteroatoms. The summed E-state index contributed by atoms with van der Waals surface area (Å²) in [5.41, 5.74) is 2.52. The van der Waals surface area contributed by atoms with Crippen molar-refractivity contribution in [3.8, 4) is 0 Å². The number of hydrogen-bond donors (Lipinski definition) is 1. The van der Waals surface area contributed by atoms with Crippen molar-refractivity contribution >= 4 is 0 Å². The molecule has 0 bridgehead atoms. The lowest BCUT2D eigenvalue weighted by atomic mass is 10.0. The summed E-state index contributed by atoms with van der Waals surface area (Å²) < 4.78 is 14.4. The molecule has 3 rings (SSSR count). The van der Waals surface area contributed by atoms with Gasteiger partial charge < -0.3 is 5.32 Å². The van der Waals surface area contributed by atoms with Crippen LogP contribution in [-0.2, 0) is 13.1 Å². The topological polar surface area (TPSA) is 15.3 Å². The summed E-state index contributed by atoms with van der Waals surface area (Å²) in [5, 5.41) is 3.25. The van der Waals surface area contributed by atoms with Crippen molar-refractivity contribution in [1.29, 1.82) is 0 Å². The zero-order chi connectivity index (χ0) is 15.9. The highest BCUT2D eigenvalue weighted by Gasteiger charge is 2.29. The van der Waals surface area contributed by atoms with Gasteiger partial charge in [0, 0.05) is 32.1 Å². The number of likely N-dealkylation sites (tertiary alicyclic amines) is 1. The molecule has 0 aliphatic carbocycles. The van der Waals surface area contributed by atoms with Crippen LogP contribution in [0.5, 0.6) is 0 Å². The van der Waals surface area contributed by atoms with E-state index in [9.17, 15) is 4.39 Å². The standard InChI is InChI=1S/C20H25FN2/c21-20(14-22-13-17-7-3-1-4-8-17)19-11-12-23(16-19)15-18-9-5-2-6-10-18/h1-10,19-20,22H,11-16H2. The van der Waals surface area contributed by atoms with Crippen LogP contribution in [0.3, 0.4) is 0 Å². The minimum Gasteiger partial charge on any atom is -0.310 e. The maximum atomic E-state index is 14.4. The van der Waals surface area contributed by atoms with Gasteiger partial charge in [0.25, 0.3) is 0 Å². The molecule has 0 amide bonds. The molecule has 2 unspecified atom stereocenters. The van der Waals surface area contributed by atoms with Crippen LogP contribution in [0.15, 0.2) is 60.7 Å². The van der Waals surface area contributed by atoms with E-state index in [1.165, 1.54) is 11.1 Å². The van der Waals surface area contributed by atoms with Gasteiger partial charge in [-0.25, -0.2) is 4.39 Å². The van der Waals surface area contributed by atoms with Crippen molar-refractivity contribution in [3.05, 3.63) is 71.8 Å². The van der Waals surface area contributed by atoms with Crippen molar-refractivity contribution in [2.75, 3.05) is 19.6 Å². The first-order chi connectivity index (χ1) is 11.3. The third-order valence-electron chi connectivity index (χ3n) is 4.58. The van der Waals surface area contributed by atoms with Gasteiger partial charge in [0.1, 0.15) is 6.17 Å². The van der Waals surface area contributed by atoms with Crippen LogP contribution >= 0.6 is 0 Å². The average Bonchev–Trinajstić information content (AvgIpc) is 3.05. The Hall–Kier alpha value is -1.71. The largest absolute Gasteiger partial charge is 0.310 e. The van der Waals surface area contributed by atoms with E-state index in [2.05, 4.69) is 46.6 Å². The number of rotatable bonds is 7. The van der Waals surface area contributed by atoms with Gasteiger partial charge in [-0.3, -0.25) is 4.90 Å². The maximum absolute atomic E-state index is 14.4. The van der Waals surface area contributed by atoms with E-state index >= 15 is 0 Å². The molecule has 0 aromatic heterocycles. The molecular formula is C20H25FN2. The Kier molecular flexibility index (Phi) is 5.78. The quantitative estimate of drug-likeness (QED) is 0.840. The average molecular weight is 312 g/mol. The van der Waals surface area contributed by atoms with E-state index in [0.29, 0.717) is 6.54 Å². The first-order valence-electron chi connectivity index (χ1n) is 8.46. The van der Waals surface area contributed by atoms with E-state index in [-0.39, 0.29) is 5.92 Å². The lowest BCUT2D eigenvalue weighted by Gasteiger charge is -2.19. The van der Waals surface area contributed by atoms with E-state index in [0.717, 1.165) is 32.6 Å². The first kappa shape index (κ1) is 16.2. The van der Waals surface area contributed by atoms with Gasteiger partial charge in [-0.15, -0.1) is 0 Å². The molecule has 1 saturated heterocycles. The minimum absolute atomic E-state index is 0.155. The van der Waals surface area contributed by atoms with Gasteiger partial charge in [0.05, 0.1) is 0 Å². The predicted molar refractivity (Wildman–Crippen MR) is 92.9 cm³/mol. The molecule has 1 aliphatic heterocycles. The molecule has 0 saturated carbocycles. The molecule has 122 valence electrons. The fraction of sp³-hybridized carbons (Fsp3) is 0.400. The van der Waals surface area contributed by atoms with E-state index in [4.69, 9.17) is 0 Å². The predicted octanol–water partition coefficient (Wildman–Crippen LogP) is 3.64. The summed E-state index contributed by atoms with van der Waals surface area (Å²) in [6.07, 6.45) is 0.195. The van der Waals surface area contributed by atoms with Crippen LogP contribution < -0.4 is 5.32 Å². The van der Waals surface area contributed by atoms with Crippen LogP contribution in [0, 0.1) is 5.92 Å². The van der Waals surface area contributed by atoms with Crippen LogP contribution in [0.25, 0.3) is 0 Å². The Bertz CT molecular complexity index is 573. The molecule has 2 nitrogen and oxygen atoms in total. The molecule has 2 aromatic rings. The Balaban J connectivity index is 1.40. The second kappa shape index (κ2) is 8.23. The number of alkyl halides is 1. The van der Waals surface area contributed by atoms with E-state index in [1.54, 1.807) is 0 Å². The van der Waals surface area contributed by atoms with E-state index < -0.39 is 6.17 Å². The number of halogens is 1. The molecule has 0 spiro atoms. The third kappa shape index (κ3) is 4.88. The van der Waals surface area contributed by atoms with Gasteiger partial charge >= 0.3 is 0 Å². The number of benzene rings is 2. The zero-order valence-electron chi connectivity index (χ0n) is 13.5. The SMILES string of the molecule is FC(CNCc1ccccc1)C1CCN(Cc2ccccc2)C1. The lowest BCUT2D eigenvalue weighted by molar-refractivity contribution is 0.212. The Morgan fingerprint density at radius 2 is 1.65 bits per heavy atom. The lowest BCUT2D eigenvalue weighted by Crippen LogP contribution is -2.31. The van der Waals surface area contributed by atoms with Crippen LogP contribution in [0.2, 0.25) is 0 Å². The van der Waals surface area contributed by atoms with Crippen molar-refractivity contribution in [1.82, 2.24) is 10.2 Å². The molecule has 2 atom stereocenters. The molecule has 1 fully saturated rings. The smallest absolute Gasteiger partial charge is 0.117 e. The summed E-state index contributed by atoms with van der Waals surface area (Å²) in [5.74, 6) is 0.155. The van der Waals surface area contributed by atoms with Crippen LogP contribution in [0.1, 0.15) is 17.5 Å². The molecule has 2 aromatic carbocycles. The fourth-order valence-corrected chi connectivity index (χ4v) is 3.26. The Morgan fingerprint density at radius 1 is 1.00 bits per heavy atom. The highest BCUT2D eigenvalue weighted by Crippen LogP contribution is 2.23. The highest BCUT2D eigenvalue weighted by molar-refractivity contribution is 5.15. The van der Waals surface area contributed by atoms with Crippen LogP contribution in [0.4, 0.5) is 4.39 Å². The first-order valence-corrected chi connectivity index (χ1v) is 8.46. The van der Waals surface area contributed by atoms with Gasteiger partial charge in [0.15, 0.2) is 0 Å². The normalized spacial score (nSPS) is 19.8. The molecule has 1 heterocycles. The van der Waals surface area contributed by atoms with E-state index in [1.807, 2.05) is 24.3 Å². The second-order valence-electron chi connectivity index (χ2n) is 6.40.